The molecule has 2 aliphatic rings. The van der Waals surface area contributed by atoms with Gasteiger partial charge < -0.3 is 19.9 Å². The van der Waals surface area contributed by atoms with E-state index in [0.29, 0.717) is 32.4 Å². The van der Waals surface area contributed by atoms with Gasteiger partial charge in [0.05, 0.1) is 12.5 Å². The standard InChI is InChI=1S/C23H31N3O4/c1-25-12-14-26(15-13-25)21(27)16-19-10-6-3-7-11-22(28)30-20(17-24-23(19)29)18-8-4-2-5-9-18/h2-6,8-9,19-20H,7,10-17H2,1H3,(H,24,29)/b6-3+/t19-,20-/m0/s1. The molecule has 0 bridgehead atoms. The maximum atomic E-state index is 12.9. The summed E-state index contributed by atoms with van der Waals surface area (Å²) < 4.78 is 5.61. The van der Waals surface area contributed by atoms with Crippen molar-refractivity contribution in [1.82, 2.24) is 15.1 Å². The largest absolute Gasteiger partial charge is 0.456 e. The highest BCUT2D eigenvalue weighted by atomic mass is 16.5. The van der Waals surface area contributed by atoms with Gasteiger partial charge in [-0.25, -0.2) is 0 Å². The van der Waals surface area contributed by atoms with Crippen molar-refractivity contribution in [2.45, 2.75) is 31.8 Å². The molecule has 1 saturated heterocycles. The van der Waals surface area contributed by atoms with Gasteiger partial charge in [-0.2, -0.15) is 0 Å². The van der Waals surface area contributed by atoms with E-state index >= 15 is 0 Å². The van der Waals surface area contributed by atoms with E-state index in [-0.39, 0.29) is 30.7 Å². The van der Waals surface area contributed by atoms with Gasteiger partial charge in [-0.05, 0) is 25.5 Å². The molecule has 7 heteroatoms. The molecule has 0 spiro atoms. The highest BCUT2D eigenvalue weighted by Crippen LogP contribution is 2.20. The molecule has 30 heavy (non-hydrogen) atoms. The van der Waals surface area contributed by atoms with Crippen molar-refractivity contribution >= 4 is 17.8 Å². The first-order chi connectivity index (χ1) is 14.5. The van der Waals surface area contributed by atoms with Gasteiger partial charge in [0, 0.05) is 39.0 Å². The Balaban J connectivity index is 1.67. The highest BCUT2D eigenvalue weighted by molar-refractivity contribution is 5.86. The zero-order chi connectivity index (χ0) is 21.3. The number of piperazine rings is 1. The molecule has 1 N–H and O–H groups in total. The molecular weight excluding hydrogens is 382 g/mol. The third kappa shape index (κ3) is 6.42. The number of ether oxygens (including phenoxy) is 1. The van der Waals surface area contributed by atoms with Gasteiger partial charge in [0.25, 0.3) is 0 Å². The molecule has 2 heterocycles. The van der Waals surface area contributed by atoms with Crippen molar-refractivity contribution in [2.75, 3.05) is 39.8 Å². The SMILES string of the molecule is CN1CCN(C(=O)C[C@@H]2C/C=C/CCC(=O)O[C@H](c3ccccc3)CNC2=O)CC1. The van der Waals surface area contributed by atoms with Crippen LogP contribution in [0.25, 0.3) is 0 Å². The molecule has 3 rings (SSSR count). The third-order valence-electron chi connectivity index (χ3n) is 5.66. The fourth-order valence-corrected chi connectivity index (χ4v) is 3.71. The van der Waals surface area contributed by atoms with Crippen molar-refractivity contribution in [3.8, 4) is 0 Å². The first-order valence-electron chi connectivity index (χ1n) is 10.7. The summed E-state index contributed by atoms with van der Waals surface area (Å²) >= 11 is 0. The van der Waals surface area contributed by atoms with Gasteiger partial charge in [0.1, 0.15) is 6.10 Å². The van der Waals surface area contributed by atoms with Gasteiger partial charge in [-0.1, -0.05) is 42.5 Å². The van der Waals surface area contributed by atoms with Crippen LogP contribution in [0.4, 0.5) is 0 Å². The van der Waals surface area contributed by atoms with Crippen LogP contribution in [0.2, 0.25) is 0 Å². The first kappa shape index (κ1) is 22.0. The second-order valence-electron chi connectivity index (χ2n) is 7.97. The molecule has 2 amide bonds. The van der Waals surface area contributed by atoms with Crippen LogP contribution in [0.1, 0.15) is 37.4 Å². The minimum Gasteiger partial charge on any atom is -0.456 e. The number of nitrogens with one attached hydrogen (secondary N) is 1. The number of hydrogen-bond donors (Lipinski definition) is 1. The Hall–Kier alpha value is -2.67. The van der Waals surface area contributed by atoms with Crippen molar-refractivity contribution in [3.05, 3.63) is 48.0 Å². The van der Waals surface area contributed by atoms with Gasteiger partial charge in [-0.15, -0.1) is 0 Å². The van der Waals surface area contributed by atoms with Crippen molar-refractivity contribution in [3.63, 3.8) is 0 Å². The number of likely N-dealkylation sites (N-methyl/N-ethyl adjacent to an activating group) is 1. The summed E-state index contributed by atoms with van der Waals surface area (Å²) in [7, 11) is 2.04. The fourth-order valence-electron chi connectivity index (χ4n) is 3.71. The van der Waals surface area contributed by atoms with Crippen LogP contribution < -0.4 is 5.32 Å². The summed E-state index contributed by atoms with van der Waals surface area (Å²) in [5.41, 5.74) is 0.837. The second-order valence-corrected chi connectivity index (χ2v) is 7.97. The number of carbonyl (C=O) groups excluding carboxylic acids is 3. The average molecular weight is 414 g/mol. The minimum absolute atomic E-state index is 0.0229. The predicted octanol–water partition coefficient (Wildman–Crippen LogP) is 1.91. The van der Waals surface area contributed by atoms with Crippen LogP contribution in [-0.4, -0.2) is 67.4 Å². The summed E-state index contributed by atoms with van der Waals surface area (Å²) in [6, 6.07) is 9.40. The molecule has 1 aromatic carbocycles. The summed E-state index contributed by atoms with van der Waals surface area (Å²) in [6.07, 6.45) is 4.76. The van der Waals surface area contributed by atoms with E-state index in [1.165, 1.54) is 0 Å². The van der Waals surface area contributed by atoms with Crippen LogP contribution >= 0.6 is 0 Å². The number of benzene rings is 1. The van der Waals surface area contributed by atoms with E-state index in [9.17, 15) is 14.4 Å². The third-order valence-corrected chi connectivity index (χ3v) is 5.66. The number of esters is 1. The lowest BCUT2D eigenvalue weighted by molar-refractivity contribution is -0.150. The number of rotatable bonds is 3. The summed E-state index contributed by atoms with van der Waals surface area (Å²) in [4.78, 5) is 41.8. The molecule has 162 valence electrons. The Bertz CT molecular complexity index is 757. The van der Waals surface area contributed by atoms with E-state index in [4.69, 9.17) is 4.74 Å². The van der Waals surface area contributed by atoms with Crippen molar-refractivity contribution < 1.29 is 19.1 Å². The fraction of sp³-hybridized carbons (Fsp3) is 0.522. The first-order valence-corrected chi connectivity index (χ1v) is 10.7. The molecule has 0 saturated carbocycles. The number of allylic oxidation sites excluding steroid dienone is 2. The maximum Gasteiger partial charge on any atom is 0.306 e. The van der Waals surface area contributed by atoms with Gasteiger partial charge in [0.15, 0.2) is 0 Å². The van der Waals surface area contributed by atoms with E-state index in [1.54, 1.807) is 0 Å². The van der Waals surface area contributed by atoms with Crippen LogP contribution in [-0.2, 0) is 19.1 Å². The Morgan fingerprint density at radius 1 is 1.10 bits per heavy atom. The lowest BCUT2D eigenvalue weighted by Gasteiger charge is -2.33. The predicted molar refractivity (Wildman–Crippen MR) is 113 cm³/mol. The lowest BCUT2D eigenvalue weighted by Crippen LogP contribution is -2.48. The zero-order valence-corrected chi connectivity index (χ0v) is 17.6. The van der Waals surface area contributed by atoms with Crippen LogP contribution in [0.15, 0.2) is 42.5 Å². The number of amides is 2. The van der Waals surface area contributed by atoms with E-state index in [0.717, 1.165) is 18.7 Å². The Morgan fingerprint density at radius 2 is 1.83 bits per heavy atom. The van der Waals surface area contributed by atoms with Crippen LogP contribution in [0, 0.1) is 5.92 Å². The number of nitrogens with zero attached hydrogens (tertiary/aromatic N) is 2. The number of cyclic esters (lactones) is 1. The van der Waals surface area contributed by atoms with Crippen molar-refractivity contribution in [1.29, 1.82) is 0 Å². The second kappa shape index (κ2) is 10.9. The topological polar surface area (TPSA) is 79.0 Å². The van der Waals surface area contributed by atoms with Crippen LogP contribution in [0.3, 0.4) is 0 Å². The monoisotopic (exact) mass is 413 g/mol. The average Bonchev–Trinajstić information content (AvgIpc) is 2.75. The Labute approximate surface area is 178 Å². The smallest absolute Gasteiger partial charge is 0.306 e. The van der Waals surface area contributed by atoms with Gasteiger partial charge in [0.2, 0.25) is 11.8 Å². The maximum absolute atomic E-state index is 12.9. The van der Waals surface area contributed by atoms with Gasteiger partial charge in [-0.3, -0.25) is 14.4 Å². The van der Waals surface area contributed by atoms with Crippen LogP contribution in [0.5, 0.6) is 0 Å². The van der Waals surface area contributed by atoms with E-state index < -0.39 is 12.0 Å². The molecule has 2 aliphatic heterocycles. The lowest BCUT2D eigenvalue weighted by atomic mass is 9.98. The van der Waals surface area contributed by atoms with E-state index in [2.05, 4.69) is 10.2 Å². The minimum atomic E-state index is -0.542. The summed E-state index contributed by atoms with van der Waals surface area (Å²) in [6.45, 7) is 3.30. The Morgan fingerprint density at radius 3 is 2.57 bits per heavy atom. The molecule has 0 unspecified atom stereocenters. The molecule has 1 fully saturated rings. The molecule has 0 aromatic heterocycles. The molecule has 7 nitrogen and oxygen atoms in total. The Kier molecular flexibility index (Phi) is 8.02. The molecule has 0 radical (unpaired) electrons. The quantitative estimate of drug-likeness (QED) is 0.605. The zero-order valence-electron chi connectivity index (χ0n) is 17.6. The normalized spacial score (nSPS) is 25.4. The summed E-state index contributed by atoms with van der Waals surface area (Å²) in [5, 5.41) is 2.91. The highest BCUT2D eigenvalue weighted by Gasteiger charge is 2.27. The molecular formula is C23H31N3O4. The molecule has 0 aliphatic carbocycles. The van der Waals surface area contributed by atoms with E-state index in [1.807, 2.05) is 54.4 Å². The molecule has 1 aromatic rings. The van der Waals surface area contributed by atoms with Gasteiger partial charge >= 0.3 is 5.97 Å². The molecule has 2 atom stereocenters. The summed E-state index contributed by atoms with van der Waals surface area (Å²) in [5.74, 6) is -0.875. The number of carbonyl (C=O) groups is 3. The van der Waals surface area contributed by atoms with Crippen molar-refractivity contribution in [2.24, 2.45) is 5.92 Å². The number of hydrogen-bond acceptors (Lipinski definition) is 5.